The van der Waals surface area contributed by atoms with E-state index in [0.717, 1.165) is 44.3 Å². The molecule has 1 aliphatic heterocycles. The normalized spacial score (nSPS) is 17.9. The molecule has 0 unspecified atom stereocenters. The Hall–Kier alpha value is -1.88. The summed E-state index contributed by atoms with van der Waals surface area (Å²) in [5.74, 6) is 0.00618. The number of rotatable bonds is 5. The number of carbonyl (C=O) groups excluding carboxylic acids is 1. The zero-order chi connectivity index (χ0) is 16.9. The van der Waals surface area contributed by atoms with Gasteiger partial charge in [-0.1, -0.05) is 13.0 Å². The summed E-state index contributed by atoms with van der Waals surface area (Å²) in [5.41, 5.74) is 1.15. The summed E-state index contributed by atoms with van der Waals surface area (Å²) < 4.78 is 0. The lowest BCUT2D eigenvalue weighted by Crippen LogP contribution is -2.44. The zero-order valence-corrected chi connectivity index (χ0v) is 14.9. The van der Waals surface area contributed by atoms with Crippen LogP contribution in [0.2, 0.25) is 0 Å². The van der Waals surface area contributed by atoms with Crippen LogP contribution >= 0.6 is 11.3 Å². The molecule has 1 amide bonds. The second-order valence-corrected chi connectivity index (χ2v) is 7.41. The second kappa shape index (κ2) is 7.79. The summed E-state index contributed by atoms with van der Waals surface area (Å²) in [5, 5.41) is 2.10. The van der Waals surface area contributed by atoms with E-state index in [2.05, 4.69) is 22.5 Å². The quantitative estimate of drug-likeness (QED) is 0.900. The predicted octanol–water partition coefficient (Wildman–Crippen LogP) is 3.63. The van der Waals surface area contributed by atoms with Crippen molar-refractivity contribution >= 4 is 17.2 Å². The van der Waals surface area contributed by atoms with E-state index in [-0.39, 0.29) is 17.5 Å². The maximum atomic E-state index is 13.0. The van der Waals surface area contributed by atoms with Crippen molar-refractivity contribution in [1.29, 1.82) is 0 Å². The number of piperidine rings is 1. The van der Waals surface area contributed by atoms with Crippen molar-refractivity contribution in [3.05, 3.63) is 56.1 Å². The number of hydrogen-bond acceptors (Lipinski definition) is 3. The van der Waals surface area contributed by atoms with Crippen LogP contribution in [0.25, 0.3) is 0 Å². The van der Waals surface area contributed by atoms with Crippen LogP contribution in [0.15, 0.2) is 34.4 Å². The average Bonchev–Trinajstić information content (AvgIpc) is 3.12. The van der Waals surface area contributed by atoms with E-state index >= 15 is 0 Å². The molecular weight excluding hydrogens is 320 g/mol. The Morgan fingerprint density at radius 3 is 3.00 bits per heavy atom. The molecule has 0 spiro atoms. The number of nitrogens with zero attached hydrogens (tertiary/aromatic N) is 1. The Kier molecular flexibility index (Phi) is 5.51. The standard InChI is InChI=1S/C19H24N2O2S/c1-2-15-12-14(13-18(22)20-15)19(23)21-10-4-3-6-16(21)8-9-17-7-5-11-24-17/h5,7,11-13,16H,2-4,6,8-10H2,1H3,(H,20,22)/t16-/m0/s1. The highest BCUT2D eigenvalue weighted by Gasteiger charge is 2.27. The van der Waals surface area contributed by atoms with E-state index in [0.29, 0.717) is 5.56 Å². The lowest BCUT2D eigenvalue weighted by Gasteiger charge is -2.36. The summed E-state index contributed by atoms with van der Waals surface area (Å²) >= 11 is 1.78. The van der Waals surface area contributed by atoms with Crippen LogP contribution in [0.3, 0.4) is 0 Å². The molecule has 1 atom stereocenters. The minimum absolute atomic E-state index is 0.00618. The number of thiophene rings is 1. The van der Waals surface area contributed by atoms with E-state index in [4.69, 9.17) is 0 Å². The van der Waals surface area contributed by atoms with Gasteiger partial charge in [-0.2, -0.15) is 0 Å². The Morgan fingerprint density at radius 1 is 1.38 bits per heavy atom. The van der Waals surface area contributed by atoms with Crippen molar-refractivity contribution in [2.24, 2.45) is 0 Å². The molecule has 3 heterocycles. The highest BCUT2D eigenvalue weighted by Crippen LogP contribution is 2.24. The molecule has 128 valence electrons. The van der Waals surface area contributed by atoms with Crippen molar-refractivity contribution in [1.82, 2.24) is 9.88 Å². The molecule has 0 aliphatic carbocycles. The third kappa shape index (κ3) is 3.96. The van der Waals surface area contributed by atoms with Crippen LogP contribution in [-0.2, 0) is 12.8 Å². The lowest BCUT2D eigenvalue weighted by molar-refractivity contribution is 0.0602. The number of pyridine rings is 1. The van der Waals surface area contributed by atoms with Gasteiger partial charge in [0.05, 0.1) is 0 Å². The summed E-state index contributed by atoms with van der Waals surface area (Å²) in [4.78, 5) is 30.9. The van der Waals surface area contributed by atoms with Crippen molar-refractivity contribution in [2.75, 3.05) is 6.54 Å². The summed E-state index contributed by atoms with van der Waals surface area (Å²) in [6, 6.07) is 7.77. The van der Waals surface area contributed by atoms with Gasteiger partial charge in [0.1, 0.15) is 0 Å². The fourth-order valence-corrected chi connectivity index (χ4v) is 4.14. The van der Waals surface area contributed by atoms with Gasteiger partial charge in [-0.15, -0.1) is 11.3 Å². The van der Waals surface area contributed by atoms with Crippen LogP contribution in [-0.4, -0.2) is 28.4 Å². The minimum Gasteiger partial charge on any atom is -0.336 e. The number of aromatic nitrogens is 1. The van der Waals surface area contributed by atoms with Gasteiger partial charge in [-0.05, 0) is 56.0 Å². The first-order valence-electron chi connectivity index (χ1n) is 8.74. The zero-order valence-electron chi connectivity index (χ0n) is 14.1. The van der Waals surface area contributed by atoms with E-state index in [1.165, 1.54) is 17.4 Å². The number of aromatic amines is 1. The van der Waals surface area contributed by atoms with Crippen molar-refractivity contribution in [2.45, 2.75) is 51.5 Å². The fraction of sp³-hybridized carbons (Fsp3) is 0.474. The van der Waals surface area contributed by atoms with Gasteiger partial charge in [0, 0.05) is 34.8 Å². The van der Waals surface area contributed by atoms with E-state index in [9.17, 15) is 9.59 Å². The van der Waals surface area contributed by atoms with Gasteiger partial charge in [-0.3, -0.25) is 9.59 Å². The van der Waals surface area contributed by atoms with Gasteiger partial charge in [-0.25, -0.2) is 0 Å². The molecule has 1 N–H and O–H groups in total. The Balaban J connectivity index is 1.75. The van der Waals surface area contributed by atoms with Crippen molar-refractivity contribution in [3.63, 3.8) is 0 Å². The Labute approximate surface area is 146 Å². The summed E-state index contributed by atoms with van der Waals surface area (Å²) in [7, 11) is 0. The van der Waals surface area contributed by atoms with Crippen LogP contribution in [0.5, 0.6) is 0 Å². The molecule has 1 fully saturated rings. The highest BCUT2D eigenvalue weighted by atomic mass is 32.1. The first kappa shape index (κ1) is 17.0. The largest absolute Gasteiger partial charge is 0.336 e. The molecule has 1 aliphatic rings. The van der Waals surface area contributed by atoms with Gasteiger partial charge in [0.15, 0.2) is 0 Å². The van der Waals surface area contributed by atoms with E-state index in [1.807, 2.05) is 17.9 Å². The van der Waals surface area contributed by atoms with Gasteiger partial charge in [0.2, 0.25) is 5.56 Å². The molecule has 0 radical (unpaired) electrons. The third-order valence-electron chi connectivity index (χ3n) is 4.72. The first-order chi connectivity index (χ1) is 11.7. The highest BCUT2D eigenvalue weighted by molar-refractivity contribution is 7.09. The molecule has 2 aromatic heterocycles. The van der Waals surface area contributed by atoms with Crippen LogP contribution in [0.4, 0.5) is 0 Å². The predicted molar refractivity (Wildman–Crippen MR) is 97.8 cm³/mol. The number of nitrogens with one attached hydrogen (secondary N) is 1. The molecule has 2 aromatic rings. The Bertz CT molecular complexity index is 736. The SMILES string of the molecule is CCc1cc(C(=O)N2CCCC[C@H]2CCc2cccs2)cc(=O)[nH]1. The Morgan fingerprint density at radius 2 is 2.25 bits per heavy atom. The molecule has 0 aromatic carbocycles. The second-order valence-electron chi connectivity index (χ2n) is 6.38. The molecule has 0 bridgehead atoms. The van der Waals surface area contributed by atoms with Gasteiger partial charge in [0.25, 0.3) is 5.91 Å². The topological polar surface area (TPSA) is 53.2 Å². The number of carbonyl (C=O) groups is 1. The maximum Gasteiger partial charge on any atom is 0.254 e. The molecule has 3 rings (SSSR count). The molecular formula is C19H24N2O2S. The number of likely N-dealkylation sites (tertiary alicyclic amines) is 1. The van der Waals surface area contributed by atoms with Gasteiger partial charge < -0.3 is 9.88 Å². The van der Waals surface area contributed by atoms with Crippen LogP contribution in [0.1, 0.15) is 53.5 Å². The van der Waals surface area contributed by atoms with Crippen molar-refractivity contribution in [3.8, 4) is 0 Å². The molecule has 24 heavy (non-hydrogen) atoms. The average molecular weight is 344 g/mol. The van der Waals surface area contributed by atoms with Gasteiger partial charge >= 0.3 is 0 Å². The fourth-order valence-electron chi connectivity index (χ4n) is 3.41. The number of hydrogen-bond donors (Lipinski definition) is 1. The molecule has 0 saturated carbocycles. The lowest BCUT2D eigenvalue weighted by atomic mass is 9.96. The number of H-pyrrole nitrogens is 1. The number of aryl methyl sites for hydroxylation is 2. The first-order valence-corrected chi connectivity index (χ1v) is 9.62. The molecule has 4 nitrogen and oxygen atoms in total. The minimum atomic E-state index is -0.190. The summed E-state index contributed by atoms with van der Waals surface area (Å²) in [6.45, 7) is 2.77. The van der Waals surface area contributed by atoms with Crippen LogP contribution < -0.4 is 5.56 Å². The molecule has 5 heteroatoms. The van der Waals surface area contributed by atoms with E-state index < -0.39 is 0 Å². The third-order valence-corrected chi connectivity index (χ3v) is 5.66. The molecule has 1 saturated heterocycles. The number of amides is 1. The van der Waals surface area contributed by atoms with E-state index in [1.54, 1.807) is 11.3 Å². The monoisotopic (exact) mass is 344 g/mol. The maximum absolute atomic E-state index is 13.0. The summed E-state index contributed by atoms with van der Waals surface area (Å²) in [6.07, 6.45) is 6.01. The smallest absolute Gasteiger partial charge is 0.254 e. The van der Waals surface area contributed by atoms with Crippen LogP contribution in [0, 0.1) is 0 Å². The van der Waals surface area contributed by atoms with Crippen molar-refractivity contribution < 1.29 is 4.79 Å².